The lowest BCUT2D eigenvalue weighted by Crippen LogP contribution is -2.39. The quantitative estimate of drug-likeness (QED) is 0.343. The number of nitrogens with one attached hydrogen (secondary N) is 1. The fourth-order valence-electron chi connectivity index (χ4n) is 3.85. The fourth-order valence-corrected chi connectivity index (χ4v) is 3.85. The first-order valence-electron chi connectivity index (χ1n) is 12.9. The van der Waals surface area contributed by atoms with Gasteiger partial charge in [0.25, 0.3) is 11.5 Å². The van der Waals surface area contributed by atoms with Crippen molar-refractivity contribution in [2.75, 3.05) is 20.6 Å². The van der Waals surface area contributed by atoms with Gasteiger partial charge in [0.2, 0.25) is 0 Å². The number of aromatic nitrogens is 5. The van der Waals surface area contributed by atoms with Crippen LogP contribution in [0.2, 0.25) is 0 Å². The SMILES string of the molecule is Cc1c(Cc2ccc(F)c(C(=O)N3CCn4c(CN(C)C)nnc4C3)c2)n[nH]c(=O)c1C.O=C(O)C(F)(F)F.O=C(O)C(F)(F)F. The van der Waals surface area contributed by atoms with Crippen LogP contribution in [0.15, 0.2) is 23.0 Å². The van der Waals surface area contributed by atoms with Crippen LogP contribution in [-0.2, 0) is 35.6 Å². The van der Waals surface area contributed by atoms with E-state index in [0.29, 0.717) is 43.1 Å². The summed E-state index contributed by atoms with van der Waals surface area (Å²) in [4.78, 5) is 46.3. The number of alkyl halides is 6. The predicted molar refractivity (Wildman–Crippen MR) is 143 cm³/mol. The van der Waals surface area contributed by atoms with Crippen LogP contribution in [0.25, 0.3) is 0 Å². The summed E-state index contributed by atoms with van der Waals surface area (Å²) in [7, 11) is 3.92. The Morgan fingerprint density at radius 1 is 0.957 bits per heavy atom. The Labute approximate surface area is 255 Å². The standard InChI is InChI=1S/C22H26FN7O2.2C2HF3O2/c1-13-14(2)21(31)27-24-18(13)10-15-5-6-17(23)16(9-15)22(32)29-7-8-30-19(11-28(3)4)25-26-20(30)12-29;2*3-2(4,5)1(6)7/h5-6,9H,7-8,10-12H2,1-4H3,(H,27,31);2*(H,6,7). The van der Waals surface area contributed by atoms with E-state index in [1.165, 1.54) is 6.07 Å². The summed E-state index contributed by atoms with van der Waals surface area (Å²) in [6.45, 7) is 5.53. The van der Waals surface area contributed by atoms with Gasteiger partial charge in [0.1, 0.15) is 11.6 Å². The van der Waals surface area contributed by atoms with Crippen molar-refractivity contribution in [3.05, 3.63) is 74.0 Å². The van der Waals surface area contributed by atoms with Crippen LogP contribution in [0.4, 0.5) is 30.7 Å². The van der Waals surface area contributed by atoms with Crippen LogP contribution < -0.4 is 5.56 Å². The predicted octanol–water partition coefficient (Wildman–Crippen LogP) is 2.69. The van der Waals surface area contributed by atoms with Crippen molar-refractivity contribution in [3.8, 4) is 0 Å². The van der Waals surface area contributed by atoms with E-state index in [4.69, 9.17) is 19.8 Å². The fraction of sp³-hybridized carbons (Fsp3) is 0.423. The smallest absolute Gasteiger partial charge is 0.475 e. The molecule has 0 atom stereocenters. The minimum Gasteiger partial charge on any atom is -0.475 e. The van der Waals surface area contributed by atoms with Crippen LogP contribution in [-0.4, -0.2) is 95.8 Å². The normalized spacial score (nSPS) is 12.8. The molecule has 0 saturated heterocycles. The minimum absolute atomic E-state index is 0.0165. The maximum Gasteiger partial charge on any atom is 0.490 e. The molecule has 0 radical (unpaired) electrons. The highest BCUT2D eigenvalue weighted by Gasteiger charge is 2.39. The van der Waals surface area contributed by atoms with Gasteiger partial charge >= 0.3 is 24.3 Å². The molecule has 1 aromatic carbocycles. The number of nitrogens with zero attached hydrogens (tertiary/aromatic N) is 6. The van der Waals surface area contributed by atoms with Gasteiger partial charge in [0, 0.05) is 25.1 Å². The van der Waals surface area contributed by atoms with Crippen molar-refractivity contribution in [2.24, 2.45) is 0 Å². The second-order valence-corrected chi connectivity index (χ2v) is 9.99. The summed E-state index contributed by atoms with van der Waals surface area (Å²) >= 11 is 0. The number of benzene rings is 1. The summed E-state index contributed by atoms with van der Waals surface area (Å²) in [6, 6.07) is 4.50. The van der Waals surface area contributed by atoms with Gasteiger partial charge in [-0.15, -0.1) is 10.2 Å². The highest BCUT2D eigenvalue weighted by molar-refractivity contribution is 5.94. The lowest BCUT2D eigenvalue weighted by atomic mass is 10.0. The molecule has 0 spiro atoms. The van der Waals surface area contributed by atoms with Crippen molar-refractivity contribution in [3.63, 3.8) is 0 Å². The number of carbonyl (C=O) groups is 3. The van der Waals surface area contributed by atoms with Crippen molar-refractivity contribution < 1.29 is 55.3 Å². The third kappa shape index (κ3) is 10.1. The Balaban J connectivity index is 0.000000440. The van der Waals surface area contributed by atoms with Crippen molar-refractivity contribution >= 4 is 17.8 Å². The molecule has 0 unspecified atom stereocenters. The topological polar surface area (TPSA) is 175 Å². The number of halogens is 7. The summed E-state index contributed by atoms with van der Waals surface area (Å²) in [5, 5.41) is 29.3. The van der Waals surface area contributed by atoms with E-state index >= 15 is 0 Å². The summed E-state index contributed by atoms with van der Waals surface area (Å²) in [5.74, 6) is -4.91. The molecular formula is C26H28F7N7O6. The average Bonchev–Trinajstić information content (AvgIpc) is 3.34. The van der Waals surface area contributed by atoms with Crippen LogP contribution in [0.1, 0.15) is 44.4 Å². The molecule has 0 aliphatic carbocycles. The van der Waals surface area contributed by atoms with Crippen molar-refractivity contribution in [1.82, 2.24) is 34.8 Å². The maximum absolute atomic E-state index is 14.6. The van der Waals surface area contributed by atoms with E-state index < -0.39 is 30.1 Å². The van der Waals surface area contributed by atoms with E-state index in [1.54, 1.807) is 24.0 Å². The molecule has 252 valence electrons. The first-order chi connectivity index (χ1) is 21.1. The van der Waals surface area contributed by atoms with E-state index in [-0.39, 0.29) is 23.6 Å². The Morgan fingerprint density at radius 2 is 1.52 bits per heavy atom. The van der Waals surface area contributed by atoms with E-state index in [9.17, 15) is 40.3 Å². The summed E-state index contributed by atoms with van der Waals surface area (Å²) in [6.07, 6.45) is -9.79. The maximum atomic E-state index is 14.6. The van der Waals surface area contributed by atoms with E-state index in [0.717, 1.165) is 17.0 Å². The summed E-state index contributed by atoms with van der Waals surface area (Å²) in [5.41, 5.74) is 2.60. The van der Waals surface area contributed by atoms with Crippen LogP contribution in [0.5, 0.6) is 0 Å². The molecule has 0 fully saturated rings. The third-order valence-electron chi connectivity index (χ3n) is 6.32. The van der Waals surface area contributed by atoms with Crippen molar-refractivity contribution in [2.45, 2.75) is 52.3 Å². The van der Waals surface area contributed by atoms with Gasteiger partial charge < -0.3 is 24.6 Å². The molecule has 1 aliphatic rings. The molecule has 1 aliphatic heterocycles. The molecule has 2 aromatic heterocycles. The number of H-pyrrole nitrogens is 1. The van der Waals surface area contributed by atoms with Gasteiger partial charge in [-0.1, -0.05) is 6.07 Å². The zero-order valence-corrected chi connectivity index (χ0v) is 24.6. The molecular weight excluding hydrogens is 639 g/mol. The highest BCUT2D eigenvalue weighted by atomic mass is 19.4. The number of hydrogen-bond acceptors (Lipinski definition) is 8. The Bertz CT molecular complexity index is 1610. The number of carboxylic acids is 2. The molecule has 0 bridgehead atoms. The first kappa shape index (κ1) is 37.3. The molecule has 0 saturated carbocycles. The van der Waals surface area contributed by atoms with E-state index in [1.807, 2.05) is 30.5 Å². The molecule has 3 N–H and O–H groups in total. The minimum atomic E-state index is -5.08. The average molecular weight is 668 g/mol. The molecule has 4 rings (SSSR count). The van der Waals surface area contributed by atoms with E-state index in [2.05, 4.69) is 20.4 Å². The Hall–Kier alpha value is -4.88. The first-order valence-corrected chi connectivity index (χ1v) is 12.9. The number of hydrogen-bond donors (Lipinski definition) is 3. The number of carboxylic acid groups (broad SMARTS) is 2. The van der Waals surface area contributed by atoms with Crippen LogP contribution in [0.3, 0.4) is 0 Å². The van der Waals surface area contributed by atoms with Gasteiger partial charge in [-0.3, -0.25) is 9.59 Å². The zero-order valence-electron chi connectivity index (χ0n) is 24.6. The Kier molecular flexibility index (Phi) is 12.1. The second kappa shape index (κ2) is 14.9. The van der Waals surface area contributed by atoms with Crippen LogP contribution >= 0.6 is 0 Å². The number of fused-ring (bicyclic) bond motifs is 1. The summed E-state index contributed by atoms with van der Waals surface area (Å²) < 4.78 is 80.1. The number of rotatable bonds is 5. The van der Waals surface area contributed by atoms with Crippen LogP contribution in [0, 0.1) is 19.7 Å². The zero-order chi connectivity index (χ0) is 35.1. The lowest BCUT2D eigenvalue weighted by molar-refractivity contribution is -0.193. The number of amides is 1. The van der Waals surface area contributed by atoms with Gasteiger partial charge in [-0.05, 0) is 51.2 Å². The van der Waals surface area contributed by atoms with Gasteiger partial charge in [-0.2, -0.15) is 31.4 Å². The molecule has 46 heavy (non-hydrogen) atoms. The molecule has 3 heterocycles. The lowest BCUT2D eigenvalue weighted by Gasteiger charge is -2.28. The molecule has 3 aromatic rings. The Morgan fingerprint density at radius 3 is 2.04 bits per heavy atom. The largest absolute Gasteiger partial charge is 0.490 e. The second-order valence-electron chi connectivity index (χ2n) is 9.99. The number of carbonyl (C=O) groups excluding carboxylic acids is 1. The highest BCUT2D eigenvalue weighted by Crippen LogP contribution is 2.21. The monoisotopic (exact) mass is 667 g/mol. The van der Waals surface area contributed by atoms with Gasteiger partial charge in [-0.25, -0.2) is 19.1 Å². The number of aliphatic carboxylic acids is 2. The van der Waals surface area contributed by atoms with Crippen molar-refractivity contribution in [1.29, 1.82) is 0 Å². The number of aromatic amines is 1. The molecule has 1 amide bonds. The van der Waals surface area contributed by atoms with Gasteiger partial charge in [0.05, 0.1) is 24.3 Å². The molecule has 13 nitrogen and oxygen atoms in total. The third-order valence-corrected chi connectivity index (χ3v) is 6.32. The van der Waals surface area contributed by atoms with Gasteiger partial charge in [0.15, 0.2) is 5.82 Å². The molecule has 20 heteroatoms.